The Balaban J connectivity index is 1.89. The number of halogens is 1. The third-order valence-electron chi connectivity index (χ3n) is 2.99. The summed E-state index contributed by atoms with van der Waals surface area (Å²) in [5, 5.41) is 0. The first-order valence-electron chi connectivity index (χ1n) is 6.21. The fraction of sp³-hybridized carbons (Fsp3) is 0.0625. The Morgan fingerprint density at radius 1 is 1.14 bits per heavy atom. The van der Waals surface area contributed by atoms with Gasteiger partial charge in [-0.2, -0.15) is 0 Å². The molecule has 0 amide bonds. The molecule has 1 aliphatic heterocycles. The summed E-state index contributed by atoms with van der Waals surface area (Å²) >= 11 is 2.07. The van der Waals surface area contributed by atoms with Gasteiger partial charge in [-0.15, -0.1) is 0 Å². The van der Waals surface area contributed by atoms with Crippen LogP contribution in [0.1, 0.15) is 11.3 Å². The largest absolute Gasteiger partial charge is 0.497 e. The van der Waals surface area contributed by atoms with Crippen LogP contribution in [0, 0.1) is 3.77 Å². The van der Waals surface area contributed by atoms with Crippen molar-refractivity contribution < 1.29 is 18.7 Å². The highest BCUT2D eigenvalue weighted by Gasteiger charge is 2.22. The highest BCUT2D eigenvalue weighted by molar-refractivity contribution is 14.1. The smallest absolute Gasteiger partial charge is 0.343 e. The van der Waals surface area contributed by atoms with Crippen molar-refractivity contribution in [2.24, 2.45) is 0 Å². The van der Waals surface area contributed by atoms with Crippen LogP contribution in [-0.2, 0) is 9.53 Å². The Hall–Kier alpha value is -2.02. The van der Waals surface area contributed by atoms with Gasteiger partial charge >= 0.3 is 5.97 Å². The lowest BCUT2D eigenvalue weighted by Crippen LogP contribution is -1.97. The van der Waals surface area contributed by atoms with E-state index in [1.165, 1.54) is 0 Å². The molecule has 1 aromatic heterocycles. The average molecular weight is 394 g/mol. The lowest BCUT2D eigenvalue weighted by molar-refractivity contribution is -0.130. The van der Waals surface area contributed by atoms with Crippen LogP contribution in [0.25, 0.3) is 11.8 Å². The maximum Gasteiger partial charge on any atom is 0.343 e. The highest BCUT2D eigenvalue weighted by Crippen LogP contribution is 2.28. The van der Waals surface area contributed by atoms with Crippen molar-refractivity contribution in [3.63, 3.8) is 0 Å². The Labute approximate surface area is 135 Å². The van der Waals surface area contributed by atoms with Crippen molar-refractivity contribution >= 4 is 40.4 Å². The number of rotatable bonds is 3. The number of methoxy groups -OCH3 is 1. The van der Waals surface area contributed by atoms with Crippen molar-refractivity contribution in [3.8, 4) is 5.75 Å². The van der Waals surface area contributed by atoms with Crippen LogP contribution in [0.5, 0.6) is 5.75 Å². The Bertz CT molecular complexity index is 738. The summed E-state index contributed by atoms with van der Waals surface area (Å²) in [6, 6.07) is 11.0. The molecular formula is C16H11IO4. The van der Waals surface area contributed by atoms with E-state index in [0.29, 0.717) is 17.1 Å². The molecular weight excluding hydrogens is 383 g/mol. The number of esters is 1. The molecule has 0 fully saturated rings. The summed E-state index contributed by atoms with van der Waals surface area (Å²) in [6.45, 7) is 0. The lowest BCUT2D eigenvalue weighted by Gasteiger charge is -2.03. The Kier molecular flexibility index (Phi) is 3.83. The summed E-state index contributed by atoms with van der Waals surface area (Å²) < 4.78 is 16.6. The molecule has 0 radical (unpaired) electrons. The first-order valence-corrected chi connectivity index (χ1v) is 7.29. The van der Waals surface area contributed by atoms with Gasteiger partial charge in [-0.1, -0.05) is 0 Å². The first-order chi connectivity index (χ1) is 10.2. The third kappa shape index (κ3) is 3.02. The second kappa shape index (κ2) is 5.77. The van der Waals surface area contributed by atoms with E-state index in [9.17, 15) is 4.79 Å². The molecule has 5 heteroatoms. The molecule has 0 saturated carbocycles. The van der Waals surface area contributed by atoms with E-state index in [1.807, 2.05) is 30.3 Å². The number of benzene rings is 1. The maximum atomic E-state index is 11.9. The molecule has 2 aromatic rings. The zero-order valence-electron chi connectivity index (χ0n) is 11.1. The maximum absolute atomic E-state index is 11.9. The molecule has 0 unspecified atom stereocenters. The number of hydrogen-bond donors (Lipinski definition) is 0. The standard InChI is InChI=1S/C16H11IO4/c1-19-12-4-2-10(3-5-12)14-9-11(16(18)21-14)8-13-6-7-15(17)20-13/h2-9H,1H3. The number of furan rings is 1. The van der Waals surface area contributed by atoms with Gasteiger partial charge in [0.25, 0.3) is 0 Å². The lowest BCUT2D eigenvalue weighted by atomic mass is 10.1. The van der Waals surface area contributed by atoms with Crippen LogP contribution >= 0.6 is 22.6 Å². The molecule has 3 rings (SSSR count). The molecule has 0 aliphatic carbocycles. The third-order valence-corrected chi connectivity index (χ3v) is 3.57. The minimum absolute atomic E-state index is 0.382. The summed E-state index contributed by atoms with van der Waals surface area (Å²) in [5.41, 5.74) is 1.29. The quantitative estimate of drug-likeness (QED) is 0.451. The van der Waals surface area contributed by atoms with E-state index in [-0.39, 0.29) is 5.97 Å². The Morgan fingerprint density at radius 2 is 1.90 bits per heavy atom. The van der Waals surface area contributed by atoms with E-state index in [4.69, 9.17) is 13.9 Å². The molecule has 106 valence electrons. The average Bonchev–Trinajstić information content (AvgIpc) is 3.06. The summed E-state index contributed by atoms with van der Waals surface area (Å²) in [5.74, 6) is 1.52. The zero-order chi connectivity index (χ0) is 14.8. The van der Waals surface area contributed by atoms with Crippen LogP contribution in [0.4, 0.5) is 0 Å². The van der Waals surface area contributed by atoms with Gasteiger partial charge in [0.05, 0.1) is 12.7 Å². The Morgan fingerprint density at radius 3 is 2.52 bits per heavy atom. The molecule has 1 aromatic carbocycles. The van der Waals surface area contributed by atoms with E-state index in [2.05, 4.69) is 22.6 Å². The van der Waals surface area contributed by atoms with Gasteiger partial charge < -0.3 is 13.9 Å². The van der Waals surface area contributed by atoms with E-state index in [1.54, 1.807) is 25.3 Å². The van der Waals surface area contributed by atoms with Crippen molar-refractivity contribution in [2.45, 2.75) is 0 Å². The molecule has 0 spiro atoms. The SMILES string of the molecule is COc1ccc(C2=CC(=Cc3ccc(I)o3)C(=O)O2)cc1. The van der Waals surface area contributed by atoms with Gasteiger partial charge in [-0.25, -0.2) is 4.79 Å². The number of carbonyl (C=O) groups excluding carboxylic acids is 1. The predicted octanol–water partition coefficient (Wildman–Crippen LogP) is 3.87. The van der Waals surface area contributed by atoms with E-state index >= 15 is 0 Å². The van der Waals surface area contributed by atoms with Crippen LogP contribution < -0.4 is 4.74 Å². The van der Waals surface area contributed by atoms with E-state index in [0.717, 1.165) is 15.1 Å². The zero-order valence-corrected chi connectivity index (χ0v) is 13.3. The number of ether oxygens (including phenoxy) is 2. The molecule has 21 heavy (non-hydrogen) atoms. The monoisotopic (exact) mass is 394 g/mol. The number of cyclic esters (lactones) is 1. The van der Waals surface area contributed by atoms with Gasteiger partial charge in [0, 0.05) is 5.56 Å². The van der Waals surface area contributed by atoms with Crippen LogP contribution in [-0.4, -0.2) is 13.1 Å². The first kappa shape index (κ1) is 13.9. The minimum atomic E-state index is -0.382. The summed E-state index contributed by atoms with van der Waals surface area (Å²) in [6.07, 6.45) is 3.38. The molecule has 0 saturated heterocycles. The van der Waals surface area contributed by atoms with Gasteiger partial charge in [0.2, 0.25) is 0 Å². The predicted molar refractivity (Wildman–Crippen MR) is 86.5 cm³/mol. The van der Waals surface area contributed by atoms with Crippen LogP contribution in [0.15, 0.2) is 52.5 Å². The van der Waals surface area contributed by atoms with Gasteiger partial charge in [-0.05, 0) is 71.1 Å². The molecule has 0 N–H and O–H groups in total. The molecule has 1 aliphatic rings. The highest BCUT2D eigenvalue weighted by atomic mass is 127. The summed E-state index contributed by atoms with van der Waals surface area (Å²) in [7, 11) is 1.61. The second-order valence-corrected chi connectivity index (χ2v) is 5.43. The number of carbonyl (C=O) groups is 1. The summed E-state index contributed by atoms with van der Waals surface area (Å²) in [4.78, 5) is 11.9. The molecule has 0 atom stereocenters. The molecule has 4 nitrogen and oxygen atoms in total. The molecule has 2 heterocycles. The number of hydrogen-bond acceptors (Lipinski definition) is 4. The van der Waals surface area contributed by atoms with Gasteiger partial charge in [0.15, 0.2) is 3.77 Å². The fourth-order valence-corrected chi connectivity index (χ4v) is 2.38. The topological polar surface area (TPSA) is 48.7 Å². The van der Waals surface area contributed by atoms with E-state index < -0.39 is 0 Å². The normalized spacial score (nSPS) is 16.0. The van der Waals surface area contributed by atoms with Crippen molar-refractivity contribution in [1.29, 1.82) is 0 Å². The van der Waals surface area contributed by atoms with Gasteiger partial charge in [-0.3, -0.25) is 0 Å². The minimum Gasteiger partial charge on any atom is -0.497 e. The van der Waals surface area contributed by atoms with Crippen LogP contribution in [0.2, 0.25) is 0 Å². The fourth-order valence-electron chi connectivity index (χ4n) is 1.95. The van der Waals surface area contributed by atoms with Crippen molar-refractivity contribution in [1.82, 2.24) is 0 Å². The van der Waals surface area contributed by atoms with Crippen LogP contribution in [0.3, 0.4) is 0 Å². The van der Waals surface area contributed by atoms with Crippen molar-refractivity contribution in [2.75, 3.05) is 7.11 Å². The van der Waals surface area contributed by atoms with Gasteiger partial charge in [0.1, 0.15) is 17.3 Å². The molecule has 0 bridgehead atoms. The second-order valence-electron chi connectivity index (χ2n) is 4.37. The van der Waals surface area contributed by atoms with Crippen molar-refractivity contribution in [3.05, 3.63) is 63.1 Å².